The molecular weight excluding hydrogens is 318 g/mol. The van der Waals surface area contributed by atoms with Gasteiger partial charge in [-0.15, -0.1) is 5.10 Å². The summed E-state index contributed by atoms with van der Waals surface area (Å²) in [6.45, 7) is 4.09. The molecule has 120 valence electrons. The zero-order valence-electron chi connectivity index (χ0n) is 13.5. The van der Waals surface area contributed by atoms with Crippen molar-refractivity contribution in [3.63, 3.8) is 0 Å². The second-order valence-electron chi connectivity index (χ2n) is 5.63. The maximum Gasteiger partial charge on any atom is 0.215 e. The van der Waals surface area contributed by atoms with Crippen molar-refractivity contribution in [1.82, 2.24) is 20.2 Å². The Morgan fingerprint density at radius 2 is 1.67 bits per heavy atom. The average molecular weight is 335 g/mol. The Balaban J connectivity index is 1.77. The van der Waals surface area contributed by atoms with Crippen LogP contribution >= 0.6 is 11.8 Å². The summed E-state index contributed by atoms with van der Waals surface area (Å²) in [4.78, 5) is 0. The number of aryl methyl sites for hydroxylation is 2. The first-order valence-corrected chi connectivity index (χ1v) is 8.51. The SMILES string of the molecule is Cc1ccc(CC(C#N)Sc2nnnn2-c2ccc(C)cc2)cc1. The monoisotopic (exact) mass is 335 g/mol. The van der Waals surface area contributed by atoms with Gasteiger partial charge in [0, 0.05) is 0 Å². The molecule has 0 spiro atoms. The topological polar surface area (TPSA) is 67.4 Å². The Bertz CT molecular complexity index is 846. The van der Waals surface area contributed by atoms with E-state index in [2.05, 4.69) is 52.8 Å². The Hall–Kier alpha value is -2.65. The van der Waals surface area contributed by atoms with Crippen LogP contribution in [-0.2, 0) is 6.42 Å². The lowest BCUT2D eigenvalue weighted by Crippen LogP contribution is -2.07. The first-order chi connectivity index (χ1) is 11.7. The molecule has 0 amide bonds. The highest BCUT2D eigenvalue weighted by atomic mass is 32.2. The molecule has 1 atom stereocenters. The minimum absolute atomic E-state index is 0.247. The van der Waals surface area contributed by atoms with Crippen molar-refractivity contribution in [2.24, 2.45) is 0 Å². The zero-order valence-corrected chi connectivity index (χ0v) is 14.4. The summed E-state index contributed by atoms with van der Waals surface area (Å²) in [6.07, 6.45) is 0.655. The molecule has 3 aromatic rings. The molecule has 1 heterocycles. The molecule has 0 bridgehead atoms. The number of hydrogen-bond donors (Lipinski definition) is 0. The summed E-state index contributed by atoms with van der Waals surface area (Å²) in [5.74, 6) is 0. The maximum absolute atomic E-state index is 9.49. The smallest absolute Gasteiger partial charge is 0.197 e. The maximum atomic E-state index is 9.49. The zero-order chi connectivity index (χ0) is 16.9. The highest BCUT2D eigenvalue weighted by Gasteiger charge is 2.17. The van der Waals surface area contributed by atoms with E-state index in [4.69, 9.17) is 0 Å². The quantitative estimate of drug-likeness (QED) is 0.668. The fraction of sp³-hybridized carbons (Fsp3) is 0.222. The fourth-order valence-electron chi connectivity index (χ4n) is 2.28. The van der Waals surface area contributed by atoms with Gasteiger partial charge < -0.3 is 0 Å². The Morgan fingerprint density at radius 1 is 1.04 bits per heavy atom. The molecule has 0 N–H and O–H groups in total. The molecule has 6 heteroatoms. The molecule has 0 radical (unpaired) electrons. The number of hydrogen-bond acceptors (Lipinski definition) is 5. The third kappa shape index (κ3) is 3.81. The van der Waals surface area contributed by atoms with Gasteiger partial charge in [0.15, 0.2) is 0 Å². The molecule has 0 saturated carbocycles. The molecule has 0 aliphatic carbocycles. The predicted molar refractivity (Wildman–Crippen MR) is 94.0 cm³/mol. The summed E-state index contributed by atoms with van der Waals surface area (Å²) < 4.78 is 1.67. The fourth-order valence-corrected chi connectivity index (χ4v) is 3.19. The largest absolute Gasteiger partial charge is 0.215 e. The van der Waals surface area contributed by atoms with E-state index in [0.717, 1.165) is 11.3 Å². The van der Waals surface area contributed by atoms with Crippen molar-refractivity contribution in [1.29, 1.82) is 5.26 Å². The van der Waals surface area contributed by atoms with E-state index in [1.807, 2.05) is 31.2 Å². The number of nitriles is 1. The number of thioether (sulfide) groups is 1. The van der Waals surface area contributed by atoms with Crippen LogP contribution in [0.4, 0.5) is 0 Å². The highest BCUT2D eigenvalue weighted by Crippen LogP contribution is 2.25. The van der Waals surface area contributed by atoms with Crippen molar-refractivity contribution in [2.45, 2.75) is 30.7 Å². The van der Waals surface area contributed by atoms with Crippen LogP contribution < -0.4 is 0 Å². The van der Waals surface area contributed by atoms with Crippen LogP contribution in [0.15, 0.2) is 53.7 Å². The number of benzene rings is 2. The molecule has 0 saturated heterocycles. The van der Waals surface area contributed by atoms with Crippen LogP contribution in [0.5, 0.6) is 0 Å². The number of rotatable bonds is 5. The normalized spacial score (nSPS) is 11.9. The van der Waals surface area contributed by atoms with E-state index >= 15 is 0 Å². The van der Waals surface area contributed by atoms with Gasteiger partial charge in [0.2, 0.25) is 5.16 Å². The number of nitrogens with zero attached hydrogens (tertiary/aromatic N) is 5. The molecule has 3 rings (SSSR count). The van der Waals surface area contributed by atoms with Gasteiger partial charge in [-0.2, -0.15) is 9.94 Å². The second kappa shape index (κ2) is 7.28. The molecule has 1 aromatic heterocycles. The van der Waals surface area contributed by atoms with Crippen LogP contribution in [-0.4, -0.2) is 25.5 Å². The summed E-state index contributed by atoms with van der Waals surface area (Å²) in [5, 5.41) is 21.7. The Labute approximate surface area is 145 Å². The van der Waals surface area contributed by atoms with Crippen molar-refractivity contribution >= 4 is 11.8 Å². The Kier molecular flexibility index (Phi) is 4.92. The first-order valence-electron chi connectivity index (χ1n) is 7.63. The number of tetrazole rings is 1. The predicted octanol–water partition coefficient (Wildman–Crippen LogP) is 3.51. The van der Waals surface area contributed by atoms with E-state index < -0.39 is 0 Å². The highest BCUT2D eigenvalue weighted by molar-refractivity contribution is 8.00. The minimum atomic E-state index is -0.247. The van der Waals surface area contributed by atoms with Gasteiger partial charge in [0.05, 0.1) is 11.8 Å². The summed E-state index contributed by atoms with van der Waals surface area (Å²) >= 11 is 1.39. The van der Waals surface area contributed by atoms with Gasteiger partial charge >= 0.3 is 0 Å². The molecule has 0 aliphatic rings. The number of aromatic nitrogens is 4. The van der Waals surface area contributed by atoms with E-state index in [1.54, 1.807) is 4.68 Å². The molecule has 0 aliphatic heterocycles. The van der Waals surface area contributed by atoms with Crippen molar-refractivity contribution in [2.75, 3.05) is 0 Å². The van der Waals surface area contributed by atoms with Crippen molar-refractivity contribution in [3.8, 4) is 11.8 Å². The van der Waals surface area contributed by atoms with E-state index in [1.165, 1.54) is 22.9 Å². The summed E-state index contributed by atoms with van der Waals surface area (Å²) in [7, 11) is 0. The van der Waals surface area contributed by atoms with Gasteiger partial charge in [0.25, 0.3) is 0 Å². The average Bonchev–Trinajstić information content (AvgIpc) is 3.05. The standard InChI is InChI=1S/C18H17N5S/c1-13-3-7-15(8-4-13)11-17(12-19)24-18-20-21-22-23(18)16-9-5-14(2)6-10-16/h3-10,17H,11H2,1-2H3. The van der Waals surface area contributed by atoms with Crippen LogP contribution in [0, 0.1) is 25.2 Å². The summed E-state index contributed by atoms with van der Waals surface area (Å²) in [6, 6.07) is 18.5. The van der Waals surface area contributed by atoms with Gasteiger partial charge in [-0.25, -0.2) is 0 Å². The molecule has 24 heavy (non-hydrogen) atoms. The summed E-state index contributed by atoms with van der Waals surface area (Å²) in [5.41, 5.74) is 4.41. The van der Waals surface area contributed by atoms with Crippen LogP contribution in [0.25, 0.3) is 5.69 Å². The lowest BCUT2D eigenvalue weighted by atomic mass is 10.1. The van der Waals surface area contributed by atoms with E-state index in [9.17, 15) is 5.26 Å². The van der Waals surface area contributed by atoms with Crippen molar-refractivity contribution < 1.29 is 0 Å². The second-order valence-corrected chi connectivity index (χ2v) is 6.80. The first kappa shape index (κ1) is 16.2. The Morgan fingerprint density at radius 3 is 2.29 bits per heavy atom. The lowest BCUT2D eigenvalue weighted by Gasteiger charge is -2.09. The van der Waals surface area contributed by atoms with Crippen LogP contribution in [0.3, 0.4) is 0 Å². The minimum Gasteiger partial charge on any atom is -0.197 e. The molecule has 2 aromatic carbocycles. The van der Waals surface area contributed by atoms with E-state index in [0.29, 0.717) is 11.6 Å². The van der Waals surface area contributed by atoms with Gasteiger partial charge in [-0.1, -0.05) is 59.3 Å². The molecule has 5 nitrogen and oxygen atoms in total. The molecule has 0 fully saturated rings. The third-order valence-corrected chi connectivity index (χ3v) is 4.67. The van der Waals surface area contributed by atoms with Crippen molar-refractivity contribution in [3.05, 3.63) is 65.2 Å². The third-order valence-electron chi connectivity index (χ3n) is 3.65. The van der Waals surface area contributed by atoms with E-state index in [-0.39, 0.29) is 5.25 Å². The lowest BCUT2D eigenvalue weighted by molar-refractivity contribution is 0.755. The van der Waals surface area contributed by atoms with Gasteiger partial charge in [-0.05, 0) is 48.4 Å². The molecular formula is C18H17N5S. The van der Waals surface area contributed by atoms with Crippen LogP contribution in [0.2, 0.25) is 0 Å². The molecule has 1 unspecified atom stereocenters. The van der Waals surface area contributed by atoms with Crippen LogP contribution in [0.1, 0.15) is 16.7 Å². The van der Waals surface area contributed by atoms with Gasteiger partial charge in [0.1, 0.15) is 5.25 Å². The van der Waals surface area contributed by atoms with Gasteiger partial charge in [-0.3, -0.25) is 0 Å².